The Morgan fingerprint density at radius 1 is 0.939 bits per heavy atom. The van der Waals surface area contributed by atoms with Gasteiger partial charge in [-0.25, -0.2) is 9.59 Å². The molecule has 0 spiro atoms. The van der Waals surface area contributed by atoms with E-state index in [9.17, 15) is 29.1 Å². The number of benzene rings is 2. The molecule has 1 fully saturated rings. The minimum Gasteiger partial charge on any atom is -0.495 e. The first kappa shape index (κ1) is 38.4. The van der Waals surface area contributed by atoms with Crippen molar-refractivity contribution < 1.29 is 33.8 Å². The zero-order valence-corrected chi connectivity index (χ0v) is 29.1. The van der Waals surface area contributed by atoms with Crippen LogP contribution in [0.25, 0.3) is 0 Å². The highest BCUT2D eigenvalue weighted by Crippen LogP contribution is 2.26. The molecular formula is C36H50N6O7. The monoisotopic (exact) mass is 678 g/mol. The molecule has 49 heavy (non-hydrogen) atoms. The molecule has 13 nitrogen and oxygen atoms in total. The van der Waals surface area contributed by atoms with Crippen molar-refractivity contribution in [3.63, 3.8) is 0 Å². The normalized spacial score (nSPS) is 12.6. The van der Waals surface area contributed by atoms with Crippen LogP contribution in [0.15, 0.2) is 54.6 Å². The van der Waals surface area contributed by atoms with Crippen molar-refractivity contribution in [1.29, 1.82) is 0 Å². The van der Waals surface area contributed by atoms with Gasteiger partial charge in [-0.05, 0) is 62.9 Å². The second-order valence-corrected chi connectivity index (χ2v) is 11.8. The van der Waals surface area contributed by atoms with E-state index in [4.69, 9.17) is 4.74 Å². The van der Waals surface area contributed by atoms with Crippen molar-refractivity contribution >= 4 is 41.2 Å². The second kappa shape index (κ2) is 19.7. The third kappa shape index (κ3) is 12.2. The molecule has 0 atom stereocenters. The Bertz CT molecular complexity index is 1480. The van der Waals surface area contributed by atoms with Gasteiger partial charge in [0, 0.05) is 64.5 Å². The SMILES string of the molecule is CCN(CC=CCN(CC)C(=O)N(CCCN1CCCC1=O)CCC(=O)O)C(=O)Cc1ccc(NC(=O)Nc2ccccc2C)c(OC)c1. The number of nitrogens with zero attached hydrogens (tertiary/aromatic N) is 4. The highest BCUT2D eigenvalue weighted by Gasteiger charge is 2.23. The number of hydrogen-bond acceptors (Lipinski definition) is 6. The summed E-state index contributed by atoms with van der Waals surface area (Å²) in [5.74, 6) is -0.521. The van der Waals surface area contributed by atoms with Crippen LogP contribution in [0.4, 0.5) is 21.0 Å². The fourth-order valence-electron chi connectivity index (χ4n) is 5.50. The van der Waals surface area contributed by atoms with Crippen LogP contribution < -0.4 is 15.4 Å². The summed E-state index contributed by atoms with van der Waals surface area (Å²) in [6.07, 6.45) is 5.62. The van der Waals surface area contributed by atoms with Crippen molar-refractivity contribution in [2.45, 2.75) is 52.9 Å². The van der Waals surface area contributed by atoms with Crippen LogP contribution in [-0.4, -0.2) is 114 Å². The molecule has 6 amide bonds. The number of carboxylic acids is 1. The number of likely N-dealkylation sites (tertiary alicyclic amines) is 1. The zero-order chi connectivity index (χ0) is 35.8. The van der Waals surface area contributed by atoms with Gasteiger partial charge in [0.05, 0.1) is 25.6 Å². The summed E-state index contributed by atoms with van der Waals surface area (Å²) in [5.41, 5.74) is 2.83. The third-order valence-electron chi connectivity index (χ3n) is 8.36. The molecule has 266 valence electrons. The number of carbonyl (C=O) groups excluding carboxylic acids is 4. The predicted octanol–water partition coefficient (Wildman–Crippen LogP) is 4.83. The Morgan fingerprint density at radius 2 is 1.63 bits per heavy atom. The number of ether oxygens (including phenoxy) is 1. The Labute approximate surface area is 288 Å². The molecule has 1 aliphatic heterocycles. The third-order valence-corrected chi connectivity index (χ3v) is 8.36. The van der Waals surface area contributed by atoms with Crippen molar-refractivity contribution in [3.8, 4) is 5.75 Å². The summed E-state index contributed by atoms with van der Waals surface area (Å²) in [4.78, 5) is 69.0. The molecule has 3 N–H and O–H groups in total. The van der Waals surface area contributed by atoms with Crippen LogP contribution in [0, 0.1) is 6.92 Å². The minimum atomic E-state index is -0.979. The van der Waals surface area contributed by atoms with Crippen LogP contribution >= 0.6 is 0 Å². The largest absolute Gasteiger partial charge is 0.495 e. The molecule has 0 saturated carbocycles. The van der Waals surface area contributed by atoms with Crippen LogP contribution in [0.3, 0.4) is 0 Å². The van der Waals surface area contributed by atoms with E-state index >= 15 is 0 Å². The highest BCUT2D eigenvalue weighted by molar-refractivity contribution is 6.01. The number of amides is 6. The number of rotatable bonds is 18. The first-order valence-corrected chi connectivity index (χ1v) is 16.8. The van der Waals surface area contributed by atoms with Crippen molar-refractivity contribution in [2.24, 2.45) is 0 Å². The van der Waals surface area contributed by atoms with Gasteiger partial charge in [0.15, 0.2) is 0 Å². The van der Waals surface area contributed by atoms with Gasteiger partial charge >= 0.3 is 18.0 Å². The van der Waals surface area contributed by atoms with Gasteiger partial charge in [-0.3, -0.25) is 14.4 Å². The van der Waals surface area contributed by atoms with Crippen molar-refractivity contribution in [1.82, 2.24) is 19.6 Å². The number of methoxy groups -OCH3 is 1. The Hall–Kier alpha value is -5.07. The number of aliphatic carboxylic acids is 1. The molecule has 0 unspecified atom stereocenters. The molecule has 3 rings (SSSR count). The fraction of sp³-hybridized carbons (Fsp3) is 0.472. The molecule has 2 aromatic carbocycles. The van der Waals surface area contributed by atoms with Crippen molar-refractivity contribution in [2.75, 3.05) is 70.1 Å². The number of carbonyl (C=O) groups is 5. The molecule has 2 aromatic rings. The molecule has 0 bridgehead atoms. The first-order chi connectivity index (χ1) is 23.6. The molecule has 0 radical (unpaired) electrons. The minimum absolute atomic E-state index is 0.0862. The van der Waals surface area contributed by atoms with Crippen LogP contribution in [0.5, 0.6) is 5.75 Å². The highest BCUT2D eigenvalue weighted by atomic mass is 16.5. The maximum absolute atomic E-state index is 13.3. The van der Waals surface area contributed by atoms with Gasteiger partial charge in [0.1, 0.15) is 5.75 Å². The van der Waals surface area contributed by atoms with E-state index in [0.717, 1.165) is 24.1 Å². The first-order valence-electron chi connectivity index (χ1n) is 16.8. The predicted molar refractivity (Wildman–Crippen MR) is 189 cm³/mol. The molecule has 1 aliphatic rings. The average molecular weight is 679 g/mol. The van der Waals surface area contributed by atoms with Crippen LogP contribution in [-0.2, 0) is 20.8 Å². The van der Waals surface area contributed by atoms with E-state index in [1.807, 2.05) is 57.2 Å². The standard InChI is InChI=1S/C36H50N6O7/c1-5-39(33(44)26-28-16-17-30(31(25-28)49-4)38-35(47)37-29-14-8-7-13-27(29)3)19-9-10-20-40(6-2)36(48)42(24-18-34(45)46)23-12-22-41-21-11-15-32(41)43/h7-10,13-14,16-17,25H,5-6,11-12,15,18-24,26H2,1-4H3,(H,45,46)(H2,37,38,47). The Kier molecular flexibility index (Phi) is 15.4. The quantitative estimate of drug-likeness (QED) is 0.191. The van der Waals surface area contributed by atoms with Crippen molar-refractivity contribution in [3.05, 3.63) is 65.7 Å². The van der Waals surface area contributed by atoms with Crippen LogP contribution in [0.1, 0.15) is 50.7 Å². The lowest BCUT2D eigenvalue weighted by molar-refractivity contribution is -0.137. The smallest absolute Gasteiger partial charge is 0.323 e. The second-order valence-electron chi connectivity index (χ2n) is 11.8. The number of urea groups is 2. The molecule has 1 heterocycles. The lowest BCUT2D eigenvalue weighted by atomic mass is 10.1. The van der Waals surface area contributed by atoms with E-state index in [1.54, 1.807) is 37.8 Å². The lowest BCUT2D eigenvalue weighted by Crippen LogP contribution is -2.45. The maximum Gasteiger partial charge on any atom is 0.323 e. The number of anilines is 2. The lowest BCUT2D eigenvalue weighted by Gasteiger charge is -2.30. The van der Waals surface area contributed by atoms with E-state index in [-0.39, 0.29) is 37.2 Å². The number of likely N-dealkylation sites (N-methyl/N-ethyl adjacent to an activating group) is 2. The van der Waals surface area contributed by atoms with Gasteiger partial charge in [-0.2, -0.15) is 0 Å². The number of para-hydroxylation sites is 1. The fourth-order valence-corrected chi connectivity index (χ4v) is 5.50. The molecular weight excluding hydrogens is 628 g/mol. The summed E-state index contributed by atoms with van der Waals surface area (Å²) in [6.45, 7) is 8.93. The summed E-state index contributed by atoms with van der Waals surface area (Å²) in [5, 5.41) is 14.8. The van der Waals surface area contributed by atoms with E-state index in [0.29, 0.717) is 69.2 Å². The number of carboxylic acid groups (broad SMARTS) is 1. The molecule has 0 aromatic heterocycles. The Morgan fingerprint density at radius 3 is 2.27 bits per heavy atom. The molecule has 1 saturated heterocycles. The summed E-state index contributed by atoms with van der Waals surface area (Å²) >= 11 is 0. The zero-order valence-electron chi connectivity index (χ0n) is 29.1. The maximum atomic E-state index is 13.3. The van der Waals surface area contributed by atoms with E-state index < -0.39 is 12.0 Å². The number of hydrogen-bond donors (Lipinski definition) is 3. The van der Waals surface area contributed by atoms with Gasteiger partial charge < -0.3 is 40.1 Å². The molecule has 13 heteroatoms. The van der Waals surface area contributed by atoms with Gasteiger partial charge in [-0.1, -0.05) is 36.4 Å². The van der Waals surface area contributed by atoms with Gasteiger partial charge in [0.2, 0.25) is 11.8 Å². The Balaban J connectivity index is 1.53. The molecule has 0 aliphatic carbocycles. The van der Waals surface area contributed by atoms with E-state index in [1.165, 1.54) is 7.11 Å². The summed E-state index contributed by atoms with van der Waals surface area (Å²) < 4.78 is 5.49. The number of nitrogens with one attached hydrogen (secondary N) is 2. The van der Waals surface area contributed by atoms with Gasteiger partial charge in [-0.15, -0.1) is 0 Å². The van der Waals surface area contributed by atoms with E-state index in [2.05, 4.69) is 10.6 Å². The van der Waals surface area contributed by atoms with Crippen LogP contribution in [0.2, 0.25) is 0 Å². The van der Waals surface area contributed by atoms with Gasteiger partial charge in [0.25, 0.3) is 0 Å². The summed E-state index contributed by atoms with van der Waals surface area (Å²) in [7, 11) is 1.50. The number of aryl methyl sites for hydroxylation is 1. The average Bonchev–Trinajstić information content (AvgIpc) is 3.49. The topological polar surface area (TPSA) is 152 Å². The summed E-state index contributed by atoms with van der Waals surface area (Å²) in [6, 6.07) is 12.0.